The van der Waals surface area contributed by atoms with Crippen molar-refractivity contribution in [2.24, 2.45) is 0 Å². The number of hydrogen-bond acceptors (Lipinski definition) is 4. The predicted octanol–water partition coefficient (Wildman–Crippen LogP) is 3.92. The van der Waals surface area contributed by atoms with Crippen LogP contribution in [0.3, 0.4) is 0 Å². The maximum atomic E-state index is 12.8. The second kappa shape index (κ2) is 9.52. The molecule has 2 aromatic rings. The molecule has 0 N–H and O–H groups in total. The van der Waals surface area contributed by atoms with E-state index >= 15 is 0 Å². The van der Waals surface area contributed by atoms with E-state index in [0.29, 0.717) is 24.3 Å². The van der Waals surface area contributed by atoms with Crippen LogP contribution in [0.15, 0.2) is 36.8 Å². The summed E-state index contributed by atoms with van der Waals surface area (Å²) >= 11 is 0. The van der Waals surface area contributed by atoms with Gasteiger partial charge in [-0.2, -0.15) is 13.2 Å². The van der Waals surface area contributed by atoms with Gasteiger partial charge in [0.15, 0.2) is 0 Å². The number of halogens is 3. The summed E-state index contributed by atoms with van der Waals surface area (Å²) in [5.41, 5.74) is 0.374. The highest BCUT2D eigenvalue weighted by molar-refractivity contribution is 5.79. The fourth-order valence-electron chi connectivity index (χ4n) is 3.00. The number of rotatable bonds is 8. The Bertz CT molecular complexity index is 779. The van der Waals surface area contributed by atoms with Crippen LogP contribution in [0.25, 0.3) is 0 Å². The summed E-state index contributed by atoms with van der Waals surface area (Å²) in [6.45, 7) is 4.46. The van der Waals surface area contributed by atoms with Gasteiger partial charge in [-0.15, -0.1) is 0 Å². The van der Waals surface area contributed by atoms with Crippen molar-refractivity contribution < 1.29 is 22.7 Å². The topological polar surface area (TPSA) is 55.3 Å². The molecule has 0 aliphatic rings. The van der Waals surface area contributed by atoms with Crippen LogP contribution in [0.2, 0.25) is 0 Å². The molecule has 0 aliphatic heterocycles. The van der Waals surface area contributed by atoms with Crippen molar-refractivity contribution in [1.29, 1.82) is 0 Å². The van der Waals surface area contributed by atoms with Crippen LogP contribution in [0.5, 0.6) is 5.75 Å². The third-order valence-electron chi connectivity index (χ3n) is 4.38. The highest BCUT2D eigenvalue weighted by atomic mass is 19.4. The van der Waals surface area contributed by atoms with Crippen LogP contribution in [0, 0.1) is 0 Å². The van der Waals surface area contributed by atoms with Crippen molar-refractivity contribution in [3.8, 4) is 5.75 Å². The predicted molar refractivity (Wildman–Crippen MR) is 98.9 cm³/mol. The van der Waals surface area contributed by atoms with Gasteiger partial charge in [-0.3, -0.25) is 14.8 Å². The highest BCUT2D eigenvalue weighted by Gasteiger charge is 2.32. The van der Waals surface area contributed by atoms with E-state index in [1.807, 2.05) is 13.8 Å². The van der Waals surface area contributed by atoms with Gasteiger partial charge in [0.05, 0.1) is 13.5 Å². The van der Waals surface area contributed by atoms with E-state index in [4.69, 9.17) is 4.74 Å². The SMILES string of the molecule is CCCN(C(=O)Cc1ccc(C(F)(F)F)nc1)[C@H](C)Cc1cnccc1OC. The minimum atomic E-state index is -4.49. The lowest BCUT2D eigenvalue weighted by molar-refractivity contribution is -0.141. The molecule has 0 saturated heterocycles. The van der Waals surface area contributed by atoms with Crippen LogP contribution in [-0.2, 0) is 23.8 Å². The van der Waals surface area contributed by atoms with Gasteiger partial charge in [0.1, 0.15) is 11.4 Å². The average Bonchev–Trinajstić information content (AvgIpc) is 2.66. The van der Waals surface area contributed by atoms with Gasteiger partial charge in [-0.05, 0) is 37.5 Å². The highest BCUT2D eigenvalue weighted by Crippen LogP contribution is 2.27. The normalized spacial score (nSPS) is 12.5. The van der Waals surface area contributed by atoms with Gasteiger partial charge in [-0.1, -0.05) is 13.0 Å². The maximum Gasteiger partial charge on any atom is 0.433 e. The lowest BCUT2D eigenvalue weighted by Crippen LogP contribution is -2.41. The average molecular weight is 395 g/mol. The van der Waals surface area contributed by atoms with Crippen molar-refractivity contribution in [1.82, 2.24) is 14.9 Å². The summed E-state index contributed by atoms with van der Waals surface area (Å²) in [6.07, 6.45) is 1.30. The zero-order chi connectivity index (χ0) is 20.7. The number of carbonyl (C=O) groups excluding carboxylic acids is 1. The number of pyridine rings is 2. The van der Waals surface area contributed by atoms with Crippen LogP contribution in [-0.4, -0.2) is 40.5 Å². The molecular weight excluding hydrogens is 371 g/mol. The third-order valence-corrected chi connectivity index (χ3v) is 4.38. The van der Waals surface area contributed by atoms with E-state index in [9.17, 15) is 18.0 Å². The molecular formula is C20H24F3N3O2. The Balaban J connectivity index is 2.10. The van der Waals surface area contributed by atoms with E-state index in [1.165, 1.54) is 6.07 Å². The number of nitrogens with zero attached hydrogens (tertiary/aromatic N) is 3. The summed E-state index contributed by atoms with van der Waals surface area (Å²) in [5.74, 6) is 0.552. The summed E-state index contributed by atoms with van der Waals surface area (Å²) in [7, 11) is 1.58. The lowest BCUT2D eigenvalue weighted by atomic mass is 10.1. The summed E-state index contributed by atoms with van der Waals surface area (Å²) in [4.78, 5) is 22.1. The molecule has 2 aromatic heterocycles. The number of carbonyl (C=O) groups is 1. The fraction of sp³-hybridized carbons (Fsp3) is 0.450. The molecule has 1 atom stereocenters. The van der Waals surface area contributed by atoms with Crippen molar-refractivity contribution in [2.45, 2.75) is 45.3 Å². The molecule has 0 spiro atoms. The van der Waals surface area contributed by atoms with E-state index < -0.39 is 11.9 Å². The third kappa shape index (κ3) is 5.68. The summed E-state index contributed by atoms with van der Waals surface area (Å²) in [6, 6.07) is 3.85. The Morgan fingerprint density at radius 1 is 1.25 bits per heavy atom. The van der Waals surface area contributed by atoms with Gasteiger partial charge in [0.2, 0.25) is 5.91 Å². The van der Waals surface area contributed by atoms with E-state index in [-0.39, 0.29) is 18.4 Å². The maximum absolute atomic E-state index is 12.8. The van der Waals surface area contributed by atoms with Crippen LogP contribution < -0.4 is 4.74 Å². The van der Waals surface area contributed by atoms with Gasteiger partial charge < -0.3 is 9.64 Å². The summed E-state index contributed by atoms with van der Waals surface area (Å²) in [5, 5.41) is 0. The number of alkyl halides is 3. The van der Waals surface area contributed by atoms with Crippen molar-refractivity contribution in [3.05, 3.63) is 53.6 Å². The molecule has 2 heterocycles. The minimum Gasteiger partial charge on any atom is -0.496 e. The standard InChI is InChI=1S/C20H24F3N3O2/c1-4-9-26(14(2)10-16-13-24-8-7-17(16)28-3)19(27)11-15-5-6-18(25-12-15)20(21,22)23/h5-8,12-14H,4,9-11H2,1-3H3/t14-/m1/s1. The van der Waals surface area contributed by atoms with Crippen molar-refractivity contribution in [2.75, 3.05) is 13.7 Å². The van der Waals surface area contributed by atoms with Gasteiger partial charge in [0, 0.05) is 36.7 Å². The van der Waals surface area contributed by atoms with Crippen LogP contribution >= 0.6 is 0 Å². The molecule has 8 heteroatoms. The van der Waals surface area contributed by atoms with E-state index in [1.54, 1.807) is 30.5 Å². The Kier molecular flexibility index (Phi) is 7.37. The second-order valence-corrected chi connectivity index (χ2v) is 6.55. The first kappa shape index (κ1) is 21.7. The first-order valence-corrected chi connectivity index (χ1v) is 9.04. The molecule has 0 unspecified atom stereocenters. The van der Waals surface area contributed by atoms with Gasteiger partial charge >= 0.3 is 6.18 Å². The zero-order valence-electron chi connectivity index (χ0n) is 16.2. The smallest absolute Gasteiger partial charge is 0.433 e. The van der Waals surface area contributed by atoms with Gasteiger partial charge in [0.25, 0.3) is 0 Å². The molecule has 0 bridgehead atoms. The first-order valence-electron chi connectivity index (χ1n) is 9.04. The Morgan fingerprint density at radius 2 is 2.00 bits per heavy atom. The molecule has 152 valence electrons. The number of aromatic nitrogens is 2. The van der Waals surface area contributed by atoms with Crippen molar-refractivity contribution in [3.63, 3.8) is 0 Å². The molecule has 1 amide bonds. The Labute approximate surface area is 162 Å². The number of ether oxygens (including phenoxy) is 1. The second-order valence-electron chi connectivity index (χ2n) is 6.55. The van der Waals surface area contributed by atoms with E-state index in [2.05, 4.69) is 9.97 Å². The van der Waals surface area contributed by atoms with Gasteiger partial charge in [-0.25, -0.2) is 0 Å². The Morgan fingerprint density at radius 3 is 2.57 bits per heavy atom. The molecule has 28 heavy (non-hydrogen) atoms. The van der Waals surface area contributed by atoms with E-state index in [0.717, 1.165) is 24.2 Å². The largest absolute Gasteiger partial charge is 0.496 e. The zero-order valence-corrected chi connectivity index (χ0v) is 16.2. The lowest BCUT2D eigenvalue weighted by Gasteiger charge is -2.29. The molecule has 0 aromatic carbocycles. The monoisotopic (exact) mass is 395 g/mol. The molecule has 0 saturated carbocycles. The molecule has 0 fully saturated rings. The number of methoxy groups -OCH3 is 1. The number of hydrogen-bond donors (Lipinski definition) is 0. The fourth-order valence-corrected chi connectivity index (χ4v) is 3.00. The first-order chi connectivity index (χ1) is 13.3. The summed E-state index contributed by atoms with van der Waals surface area (Å²) < 4.78 is 43.2. The quantitative estimate of drug-likeness (QED) is 0.680. The molecule has 5 nitrogen and oxygen atoms in total. The number of amides is 1. The molecule has 2 rings (SSSR count). The Hall–Kier alpha value is -2.64. The van der Waals surface area contributed by atoms with Crippen molar-refractivity contribution >= 4 is 5.91 Å². The molecule has 0 aliphatic carbocycles. The van der Waals surface area contributed by atoms with Crippen LogP contribution in [0.4, 0.5) is 13.2 Å². The molecule has 0 radical (unpaired) electrons. The van der Waals surface area contributed by atoms with Crippen LogP contribution in [0.1, 0.15) is 37.1 Å². The minimum absolute atomic E-state index is 0.000345.